The number of hydrogen-bond donors (Lipinski definition) is 0. The van der Waals surface area contributed by atoms with Crippen molar-refractivity contribution < 1.29 is 28.6 Å². The number of carbonyl (C=O) groups excluding carboxylic acids is 3. The molecule has 0 aromatic rings. The average Bonchev–Trinajstić information content (AvgIpc) is 3.41. The van der Waals surface area contributed by atoms with Crippen molar-refractivity contribution in [1.29, 1.82) is 0 Å². The number of unbranched alkanes of at least 4 members (excludes halogenated alkanes) is 21. The number of carbonyl (C=O) groups is 3. The van der Waals surface area contributed by atoms with Crippen LogP contribution in [0.5, 0.6) is 0 Å². The van der Waals surface area contributed by atoms with Gasteiger partial charge in [-0.05, 0) is 135 Å². The van der Waals surface area contributed by atoms with Crippen LogP contribution in [0, 0.1) is 0 Å². The molecule has 0 aliphatic heterocycles. The molecule has 0 radical (unpaired) electrons. The van der Waals surface area contributed by atoms with E-state index in [1.807, 2.05) is 0 Å². The molecule has 0 aliphatic rings. The second-order valence-corrected chi connectivity index (χ2v) is 19.9. The van der Waals surface area contributed by atoms with Gasteiger partial charge in [-0.25, -0.2) is 0 Å². The Morgan fingerprint density at radius 2 is 0.533 bits per heavy atom. The summed E-state index contributed by atoms with van der Waals surface area (Å²) in [5, 5.41) is 0. The molecule has 0 heterocycles. The van der Waals surface area contributed by atoms with Crippen LogP contribution in [-0.4, -0.2) is 37.2 Å². The maximum atomic E-state index is 12.9. The van der Waals surface area contributed by atoms with Gasteiger partial charge in [-0.1, -0.05) is 244 Å². The summed E-state index contributed by atoms with van der Waals surface area (Å²) in [6, 6.07) is 0. The summed E-state index contributed by atoms with van der Waals surface area (Å²) in [7, 11) is 0. The van der Waals surface area contributed by atoms with E-state index in [0.29, 0.717) is 19.3 Å². The Kier molecular flexibility index (Phi) is 58.4. The molecule has 0 saturated carbocycles. The predicted octanol–water partition coefficient (Wildman–Crippen LogP) is 21.0. The van der Waals surface area contributed by atoms with Crippen molar-refractivity contribution >= 4 is 17.9 Å². The molecule has 0 aliphatic carbocycles. The zero-order valence-electron chi connectivity index (χ0n) is 48.5. The SMILES string of the molecule is CC/C=C\C/C=C\C/C=C\C/C=C\C/C=C\CCCC(=O)OCC(COC(=O)CCCCCCCC/C=C\C/C=C\C/C=C\CCCCCCC)OC(=O)CCCCCCCC/C=C\C/C=C\C/C=C\CCCCC. The molecule has 0 saturated heterocycles. The summed E-state index contributed by atoms with van der Waals surface area (Å²) < 4.78 is 16.8. The highest BCUT2D eigenvalue weighted by molar-refractivity contribution is 5.71. The third kappa shape index (κ3) is 60.3. The van der Waals surface area contributed by atoms with Crippen LogP contribution in [0.3, 0.4) is 0 Å². The maximum absolute atomic E-state index is 12.9. The van der Waals surface area contributed by atoms with Gasteiger partial charge in [-0.2, -0.15) is 0 Å². The van der Waals surface area contributed by atoms with Crippen LogP contribution in [0.1, 0.15) is 265 Å². The first-order valence-corrected chi connectivity index (χ1v) is 30.7. The lowest BCUT2D eigenvalue weighted by molar-refractivity contribution is -0.167. The van der Waals surface area contributed by atoms with Gasteiger partial charge in [-0.15, -0.1) is 0 Å². The van der Waals surface area contributed by atoms with Crippen molar-refractivity contribution in [2.24, 2.45) is 0 Å². The van der Waals surface area contributed by atoms with Crippen LogP contribution in [0.2, 0.25) is 0 Å². The fraction of sp³-hybridized carbons (Fsp3) is 0.638. The monoisotopic (exact) mass is 1040 g/mol. The summed E-state index contributed by atoms with van der Waals surface area (Å²) in [5.74, 6) is -0.998. The first kappa shape index (κ1) is 70.5. The molecule has 0 rings (SSSR count). The topological polar surface area (TPSA) is 78.9 Å². The molecular weight excluding hydrogens is 925 g/mol. The van der Waals surface area contributed by atoms with Crippen molar-refractivity contribution in [3.05, 3.63) is 134 Å². The smallest absolute Gasteiger partial charge is 0.306 e. The third-order valence-electron chi connectivity index (χ3n) is 12.6. The number of rotatable bonds is 54. The van der Waals surface area contributed by atoms with Gasteiger partial charge in [0.1, 0.15) is 13.2 Å². The van der Waals surface area contributed by atoms with Gasteiger partial charge in [-0.3, -0.25) is 14.4 Å². The molecule has 0 aromatic carbocycles. The molecule has 1 atom stereocenters. The standard InChI is InChI=1S/C69H112O6/c1-4-7-10-13-16-19-22-25-28-31-33-34-36-38-41-44-47-50-53-56-59-62-68(71)74-65-66(64-73-67(70)61-58-55-52-49-46-43-40-37-30-27-24-21-18-15-12-9-6-3)75-69(72)63-60-57-54-51-48-45-42-39-35-32-29-26-23-20-17-14-11-8-5-2/h9,12,17-18,20-22,25-27,29-31,33,35-36,38-40,43,49,52,66H,4-8,10-11,13-16,19,23-24,28,32,34,37,41-42,44-48,50-51,53-65H2,1-3H3/b12-9-,20-17-,21-18-,25-22-,29-26-,30-27-,33-31-,38-36-,39-35-,43-40-,52-49-. The third-order valence-corrected chi connectivity index (χ3v) is 12.6. The van der Waals surface area contributed by atoms with Crippen molar-refractivity contribution in [3.63, 3.8) is 0 Å². The number of esters is 3. The Labute approximate surface area is 462 Å². The molecular formula is C69H112O6. The van der Waals surface area contributed by atoms with Crippen molar-refractivity contribution in [2.45, 2.75) is 271 Å². The highest BCUT2D eigenvalue weighted by Crippen LogP contribution is 2.14. The molecule has 424 valence electrons. The number of hydrogen-bond acceptors (Lipinski definition) is 6. The maximum Gasteiger partial charge on any atom is 0.306 e. The van der Waals surface area contributed by atoms with Gasteiger partial charge >= 0.3 is 17.9 Å². The summed E-state index contributed by atoms with van der Waals surface area (Å²) in [6.07, 6.45) is 87.3. The van der Waals surface area contributed by atoms with Gasteiger partial charge in [0.15, 0.2) is 6.10 Å². The van der Waals surface area contributed by atoms with Gasteiger partial charge < -0.3 is 14.2 Å². The summed E-state index contributed by atoms with van der Waals surface area (Å²) in [4.78, 5) is 38.3. The minimum Gasteiger partial charge on any atom is -0.462 e. The van der Waals surface area contributed by atoms with Gasteiger partial charge in [0.25, 0.3) is 0 Å². The predicted molar refractivity (Wildman–Crippen MR) is 325 cm³/mol. The van der Waals surface area contributed by atoms with E-state index in [-0.39, 0.29) is 37.5 Å². The molecule has 1 unspecified atom stereocenters. The van der Waals surface area contributed by atoms with E-state index in [1.54, 1.807) is 0 Å². The van der Waals surface area contributed by atoms with Crippen molar-refractivity contribution in [3.8, 4) is 0 Å². The van der Waals surface area contributed by atoms with Crippen LogP contribution in [0.4, 0.5) is 0 Å². The van der Waals surface area contributed by atoms with E-state index in [1.165, 1.54) is 89.9 Å². The van der Waals surface area contributed by atoms with Crippen LogP contribution in [-0.2, 0) is 28.6 Å². The lowest BCUT2D eigenvalue weighted by Crippen LogP contribution is -2.30. The molecule has 6 nitrogen and oxygen atoms in total. The summed E-state index contributed by atoms with van der Waals surface area (Å²) in [5.41, 5.74) is 0. The first-order chi connectivity index (χ1) is 37.0. The fourth-order valence-electron chi connectivity index (χ4n) is 8.02. The molecule has 6 heteroatoms. The van der Waals surface area contributed by atoms with Crippen molar-refractivity contribution in [2.75, 3.05) is 13.2 Å². The molecule has 75 heavy (non-hydrogen) atoms. The highest BCUT2D eigenvalue weighted by Gasteiger charge is 2.19. The summed E-state index contributed by atoms with van der Waals surface area (Å²) in [6.45, 7) is 6.42. The summed E-state index contributed by atoms with van der Waals surface area (Å²) >= 11 is 0. The quantitative estimate of drug-likeness (QED) is 0.0261. The van der Waals surface area contributed by atoms with Crippen LogP contribution >= 0.6 is 0 Å². The van der Waals surface area contributed by atoms with Crippen LogP contribution in [0.25, 0.3) is 0 Å². The Balaban J connectivity index is 4.53. The highest BCUT2D eigenvalue weighted by atomic mass is 16.6. The first-order valence-electron chi connectivity index (χ1n) is 30.7. The van der Waals surface area contributed by atoms with Gasteiger partial charge in [0, 0.05) is 19.3 Å². The largest absolute Gasteiger partial charge is 0.462 e. The molecule has 0 bridgehead atoms. The molecule has 0 fully saturated rings. The zero-order chi connectivity index (χ0) is 54.3. The Morgan fingerprint density at radius 3 is 0.893 bits per heavy atom. The Bertz CT molecular complexity index is 1620. The fourth-order valence-corrected chi connectivity index (χ4v) is 8.02. The normalized spacial score (nSPS) is 13.1. The molecule has 0 amide bonds. The lowest BCUT2D eigenvalue weighted by Gasteiger charge is -2.18. The van der Waals surface area contributed by atoms with Crippen LogP contribution < -0.4 is 0 Å². The van der Waals surface area contributed by atoms with E-state index in [4.69, 9.17) is 14.2 Å². The average molecular weight is 1040 g/mol. The molecule has 0 aromatic heterocycles. The van der Waals surface area contributed by atoms with E-state index < -0.39 is 6.10 Å². The van der Waals surface area contributed by atoms with Crippen molar-refractivity contribution in [1.82, 2.24) is 0 Å². The minimum atomic E-state index is -0.820. The second-order valence-electron chi connectivity index (χ2n) is 19.9. The van der Waals surface area contributed by atoms with E-state index >= 15 is 0 Å². The molecule has 0 N–H and O–H groups in total. The number of allylic oxidation sites excluding steroid dienone is 22. The Hall–Kier alpha value is -4.45. The lowest BCUT2D eigenvalue weighted by atomic mass is 10.1. The van der Waals surface area contributed by atoms with E-state index in [0.717, 1.165) is 128 Å². The zero-order valence-corrected chi connectivity index (χ0v) is 48.5. The van der Waals surface area contributed by atoms with Gasteiger partial charge in [0.05, 0.1) is 0 Å². The van der Waals surface area contributed by atoms with Crippen LogP contribution in [0.15, 0.2) is 134 Å². The Morgan fingerprint density at radius 1 is 0.280 bits per heavy atom. The van der Waals surface area contributed by atoms with E-state index in [2.05, 4.69) is 154 Å². The minimum absolute atomic E-state index is 0.112. The van der Waals surface area contributed by atoms with Gasteiger partial charge in [0.2, 0.25) is 0 Å². The molecule has 0 spiro atoms. The number of ether oxygens (including phenoxy) is 3. The second kappa shape index (κ2) is 62.1. The van der Waals surface area contributed by atoms with E-state index in [9.17, 15) is 14.4 Å².